The molecule has 8 heteroatoms. The van der Waals surface area contributed by atoms with E-state index in [0.717, 1.165) is 48.7 Å². The van der Waals surface area contributed by atoms with Gasteiger partial charge in [-0.25, -0.2) is 9.37 Å². The first kappa shape index (κ1) is 20.7. The standard InChI is InChI=1S/C23H24FN3O2S2/c1-2-12-27-22(29)18-16-4-3-5-17(16)30-21(18)26-23(27)31-19(20(28)25-15-10-11-15)13-6-8-14(24)9-7-13/h6-9,15,19H,2-5,10-12H2,1H3,(H,25,28). The first-order chi connectivity index (χ1) is 15.0. The lowest BCUT2D eigenvalue weighted by Crippen LogP contribution is -2.31. The number of carbonyl (C=O) groups excluding carboxylic acids is 1. The van der Waals surface area contributed by atoms with Gasteiger partial charge in [-0.3, -0.25) is 14.2 Å². The van der Waals surface area contributed by atoms with Crippen LogP contribution in [0.5, 0.6) is 0 Å². The van der Waals surface area contributed by atoms with Crippen molar-refractivity contribution in [2.24, 2.45) is 0 Å². The van der Waals surface area contributed by atoms with E-state index < -0.39 is 5.25 Å². The summed E-state index contributed by atoms with van der Waals surface area (Å²) >= 11 is 2.89. The lowest BCUT2D eigenvalue weighted by molar-refractivity contribution is -0.120. The van der Waals surface area contributed by atoms with Crippen molar-refractivity contribution in [1.29, 1.82) is 0 Å². The van der Waals surface area contributed by atoms with E-state index in [1.807, 2.05) is 6.92 Å². The van der Waals surface area contributed by atoms with E-state index in [0.29, 0.717) is 17.3 Å². The number of thiophene rings is 1. The molecule has 1 saturated carbocycles. The van der Waals surface area contributed by atoms with E-state index in [9.17, 15) is 14.0 Å². The van der Waals surface area contributed by atoms with E-state index in [4.69, 9.17) is 4.98 Å². The molecule has 3 aromatic rings. The molecule has 1 fully saturated rings. The van der Waals surface area contributed by atoms with Crippen molar-refractivity contribution >= 4 is 39.2 Å². The van der Waals surface area contributed by atoms with Gasteiger partial charge in [-0.1, -0.05) is 30.8 Å². The quantitative estimate of drug-likeness (QED) is 0.416. The second-order valence-corrected chi connectivity index (χ2v) is 10.4. The minimum absolute atomic E-state index is 0.00536. The van der Waals surface area contributed by atoms with Crippen molar-refractivity contribution in [3.63, 3.8) is 0 Å². The van der Waals surface area contributed by atoms with Gasteiger partial charge in [0.1, 0.15) is 15.9 Å². The Kier molecular flexibility index (Phi) is 5.60. The van der Waals surface area contributed by atoms with Gasteiger partial charge in [-0.2, -0.15) is 0 Å². The lowest BCUT2D eigenvalue weighted by atomic mass is 10.1. The Labute approximate surface area is 188 Å². The molecular weight excluding hydrogens is 433 g/mol. The van der Waals surface area contributed by atoms with Gasteiger partial charge >= 0.3 is 0 Å². The van der Waals surface area contributed by atoms with Crippen LogP contribution in [0.4, 0.5) is 4.39 Å². The van der Waals surface area contributed by atoms with E-state index in [-0.39, 0.29) is 23.3 Å². The fourth-order valence-electron chi connectivity index (χ4n) is 4.09. The van der Waals surface area contributed by atoms with Crippen LogP contribution in [-0.2, 0) is 24.2 Å². The minimum atomic E-state index is -0.597. The Morgan fingerprint density at radius 1 is 1.32 bits per heavy atom. The molecule has 2 aliphatic rings. The van der Waals surface area contributed by atoms with Crippen LogP contribution in [0.2, 0.25) is 0 Å². The maximum atomic E-state index is 13.5. The average Bonchev–Trinajstić information content (AvgIpc) is 3.32. The number of amides is 1. The van der Waals surface area contributed by atoms with Gasteiger partial charge in [0.25, 0.3) is 5.56 Å². The van der Waals surface area contributed by atoms with Crippen LogP contribution >= 0.6 is 23.1 Å². The third-order valence-electron chi connectivity index (χ3n) is 5.79. The Hall–Kier alpha value is -2.19. The first-order valence-electron chi connectivity index (χ1n) is 10.8. The van der Waals surface area contributed by atoms with Gasteiger partial charge in [-0.15, -0.1) is 11.3 Å². The van der Waals surface area contributed by atoms with Crippen molar-refractivity contribution in [2.75, 3.05) is 0 Å². The molecule has 5 nitrogen and oxygen atoms in total. The Balaban J connectivity index is 1.58. The molecule has 2 aromatic heterocycles. The summed E-state index contributed by atoms with van der Waals surface area (Å²) in [5, 5.41) is 3.77. The second kappa shape index (κ2) is 8.39. The molecule has 1 atom stereocenters. The van der Waals surface area contributed by atoms with Crippen molar-refractivity contribution in [3.05, 3.63) is 56.4 Å². The van der Waals surface area contributed by atoms with Crippen LogP contribution in [0.25, 0.3) is 10.2 Å². The number of rotatable bonds is 7. The summed E-state index contributed by atoms with van der Waals surface area (Å²) in [6, 6.07) is 6.23. The smallest absolute Gasteiger partial charge is 0.263 e. The summed E-state index contributed by atoms with van der Waals surface area (Å²) in [4.78, 5) is 33.4. The highest BCUT2D eigenvalue weighted by Gasteiger charge is 2.31. The number of aryl methyl sites for hydroxylation is 2. The van der Waals surface area contributed by atoms with Crippen LogP contribution in [0.15, 0.2) is 34.2 Å². The van der Waals surface area contributed by atoms with Gasteiger partial charge in [0, 0.05) is 17.5 Å². The average molecular weight is 458 g/mol. The summed E-state index contributed by atoms with van der Waals surface area (Å²) in [6.07, 6.45) is 5.80. The van der Waals surface area contributed by atoms with Gasteiger partial charge < -0.3 is 5.32 Å². The number of nitrogens with zero attached hydrogens (tertiary/aromatic N) is 2. The predicted molar refractivity (Wildman–Crippen MR) is 122 cm³/mol. The fourth-order valence-corrected chi connectivity index (χ4v) is 6.52. The summed E-state index contributed by atoms with van der Waals surface area (Å²) in [7, 11) is 0. The van der Waals surface area contributed by atoms with Crippen molar-refractivity contribution in [2.45, 2.75) is 68.4 Å². The van der Waals surface area contributed by atoms with Gasteiger partial charge in [0.15, 0.2) is 5.16 Å². The molecule has 1 unspecified atom stereocenters. The molecule has 2 aliphatic carbocycles. The monoisotopic (exact) mass is 457 g/mol. The van der Waals surface area contributed by atoms with Crippen LogP contribution in [0.3, 0.4) is 0 Å². The summed E-state index contributed by atoms with van der Waals surface area (Å²) < 4.78 is 15.2. The van der Waals surface area contributed by atoms with Crippen LogP contribution in [-0.4, -0.2) is 21.5 Å². The molecule has 162 valence electrons. The number of fused-ring (bicyclic) bond motifs is 3. The molecule has 2 heterocycles. The van der Waals surface area contributed by atoms with Crippen LogP contribution in [0, 0.1) is 5.82 Å². The fraction of sp³-hybridized carbons (Fsp3) is 0.435. The number of hydrogen-bond acceptors (Lipinski definition) is 5. The maximum absolute atomic E-state index is 13.5. The van der Waals surface area contributed by atoms with E-state index in [1.165, 1.54) is 34.3 Å². The zero-order valence-corrected chi connectivity index (χ0v) is 19.0. The van der Waals surface area contributed by atoms with Crippen molar-refractivity contribution in [1.82, 2.24) is 14.9 Å². The van der Waals surface area contributed by atoms with Gasteiger partial charge in [0.05, 0.1) is 5.39 Å². The molecule has 1 N–H and O–H groups in total. The number of benzene rings is 1. The zero-order valence-electron chi connectivity index (χ0n) is 17.3. The third kappa shape index (κ3) is 4.03. The Morgan fingerprint density at radius 3 is 2.81 bits per heavy atom. The Bertz CT molecular complexity index is 1200. The molecule has 31 heavy (non-hydrogen) atoms. The molecule has 5 rings (SSSR count). The van der Waals surface area contributed by atoms with Crippen LogP contribution < -0.4 is 10.9 Å². The molecule has 1 amide bonds. The number of thioether (sulfide) groups is 1. The summed E-state index contributed by atoms with van der Waals surface area (Å²) in [5.74, 6) is -0.462. The predicted octanol–water partition coefficient (Wildman–Crippen LogP) is 4.61. The molecule has 0 bridgehead atoms. The molecule has 0 spiro atoms. The van der Waals surface area contributed by atoms with Gasteiger partial charge in [0.2, 0.25) is 5.91 Å². The van der Waals surface area contributed by atoms with E-state index in [2.05, 4.69) is 5.32 Å². The highest BCUT2D eigenvalue weighted by atomic mass is 32.2. The first-order valence-corrected chi connectivity index (χ1v) is 12.5. The highest BCUT2D eigenvalue weighted by molar-refractivity contribution is 8.00. The van der Waals surface area contributed by atoms with Crippen molar-refractivity contribution < 1.29 is 9.18 Å². The number of carbonyl (C=O) groups is 1. The lowest BCUT2D eigenvalue weighted by Gasteiger charge is -2.19. The zero-order chi connectivity index (χ0) is 21.5. The highest BCUT2D eigenvalue weighted by Crippen LogP contribution is 2.39. The SMILES string of the molecule is CCCn1c(SC(C(=O)NC2CC2)c2ccc(F)cc2)nc2sc3c(c2c1=O)CCC3. The number of nitrogens with one attached hydrogen (secondary N) is 1. The Morgan fingerprint density at radius 2 is 2.10 bits per heavy atom. The maximum Gasteiger partial charge on any atom is 0.263 e. The normalized spacial score (nSPS) is 16.5. The second-order valence-electron chi connectivity index (χ2n) is 8.22. The molecule has 0 saturated heterocycles. The molecule has 0 aliphatic heterocycles. The largest absolute Gasteiger partial charge is 0.352 e. The van der Waals surface area contributed by atoms with Crippen molar-refractivity contribution in [3.8, 4) is 0 Å². The van der Waals surface area contributed by atoms with Gasteiger partial charge in [-0.05, 0) is 61.8 Å². The van der Waals surface area contributed by atoms with E-state index >= 15 is 0 Å². The number of hydrogen-bond donors (Lipinski definition) is 1. The number of halogens is 1. The molecule has 1 aromatic carbocycles. The topological polar surface area (TPSA) is 64.0 Å². The molecule has 0 radical (unpaired) electrons. The minimum Gasteiger partial charge on any atom is -0.352 e. The summed E-state index contributed by atoms with van der Waals surface area (Å²) in [6.45, 7) is 2.58. The van der Waals surface area contributed by atoms with Crippen LogP contribution in [0.1, 0.15) is 53.9 Å². The molecular formula is C23H24FN3O2S2. The third-order valence-corrected chi connectivity index (χ3v) is 8.23. The van der Waals surface area contributed by atoms with E-state index in [1.54, 1.807) is 28.0 Å². The summed E-state index contributed by atoms with van der Waals surface area (Å²) in [5.41, 5.74) is 1.87. The number of aromatic nitrogens is 2.